The van der Waals surface area contributed by atoms with Crippen molar-refractivity contribution in [2.24, 2.45) is 0 Å². The van der Waals surface area contributed by atoms with E-state index in [4.69, 9.17) is 5.73 Å². The lowest BCUT2D eigenvalue weighted by Crippen LogP contribution is -2.02. The van der Waals surface area contributed by atoms with Crippen LogP contribution in [0.5, 0.6) is 0 Å². The van der Waals surface area contributed by atoms with Crippen LogP contribution in [-0.2, 0) is 13.0 Å². The maximum Gasteiger partial charge on any atom is 0.130 e. The van der Waals surface area contributed by atoms with Crippen molar-refractivity contribution in [2.45, 2.75) is 26.9 Å². The van der Waals surface area contributed by atoms with E-state index in [1.807, 2.05) is 26.0 Å². The molecule has 0 saturated carbocycles. The first kappa shape index (κ1) is 12.5. The second-order valence-electron chi connectivity index (χ2n) is 4.49. The first-order valence-electron chi connectivity index (χ1n) is 5.87. The molecule has 0 atom stereocenters. The van der Waals surface area contributed by atoms with E-state index in [0.29, 0.717) is 18.1 Å². The fourth-order valence-electron chi connectivity index (χ4n) is 2.01. The average molecular weight is 243 g/mol. The normalized spacial score (nSPS) is 10.6. The van der Waals surface area contributed by atoms with E-state index in [9.17, 15) is 5.11 Å². The van der Waals surface area contributed by atoms with Crippen LogP contribution in [0.2, 0.25) is 0 Å². The molecule has 1 aromatic heterocycles. The van der Waals surface area contributed by atoms with Crippen molar-refractivity contribution in [3.63, 3.8) is 0 Å². The Morgan fingerprint density at radius 1 is 1.17 bits per heavy atom. The largest absolute Gasteiger partial charge is 0.392 e. The number of benzene rings is 1. The summed E-state index contributed by atoms with van der Waals surface area (Å²) in [4.78, 5) is 8.31. The van der Waals surface area contributed by atoms with Crippen LogP contribution in [-0.4, -0.2) is 15.1 Å². The van der Waals surface area contributed by atoms with Gasteiger partial charge in [-0.15, -0.1) is 0 Å². The van der Waals surface area contributed by atoms with Gasteiger partial charge in [-0.2, -0.15) is 0 Å². The molecule has 0 amide bonds. The molecule has 1 heterocycles. The topological polar surface area (TPSA) is 72.0 Å². The molecule has 0 saturated heterocycles. The molecule has 0 spiro atoms. The Kier molecular flexibility index (Phi) is 3.58. The molecular formula is C14H17N3O. The predicted octanol–water partition coefficient (Wildman–Crippen LogP) is 1.76. The molecule has 0 radical (unpaired) electrons. The molecule has 0 aliphatic carbocycles. The maximum absolute atomic E-state index is 9.19. The van der Waals surface area contributed by atoms with Gasteiger partial charge in [0, 0.05) is 18.2 Å². The Hall–Kier alpha value is -1.94. The van der Waals surface area contributed by atoms with Crippen LogP contribution in [0.1, 0.15) is 28.1 Å². The molecule has 0 unspecified atom stereocenters. The summed E-state index contributed by atoms with van der Waals surface area (Å²) >= 11 is 0. The zero-order valence-corrected chi connectivity index (χ0v) is 10.6. The van der Waals surface area contributed by atoms with Crippen molar-refractivity contribution in [3.8, 4) is 0 Å². The Morgan fingerprint density at radius 2 is 1.89 bits per heavy atom. The van der Waals surface area contributed by atoms with Gasteiger partial charge < -0.3 is 10.8 Å². The summed E-state index contributed by atoms with van der Waals surface area (Å²) in [5, 5.41) is 9.19. The van der Waals surface area contributed by atoms with E-state index < -0.39 is 0 Å². The minimum atomic E-state index is 0.0502. The number of hydrogen-bond donors (Lipinski definition) is 2. The SMILES string of the molecule is Cc1cc(CO)cc(Cc2cnc(C)nc2N)c1. The van der Waals surface area contributed by atoms with E-state index in [1.165, 1.54) is 0 Å². The highest BCUT2D eigenvalue weighted by Crippen LogP contribution is 2.17. The Balaban J connectivity index is 2.30. The van der Waals surface area contributed by atoms with Gasteiger partial charge in [0.15, 0.2) is 0 Å². The number of nitrogen functional groups attached to an aromatic ring is 1. The summed E-state index contributed by atoms with van der Waals surface area (Å²) in [6.45, 7) is 3.88. The third-order valence-electron chi connectivity index (χ3n) is 2.79. The Bertz CT molecular complexity index is 567. The summed E-state index contributed by atoms with van der Waals surface area (Å²) in [7, 11) is 0. The summed E-state index contributed by atoms with van der Waals surface area (Å²) in [5.41, 5.74) is 9.94. The van der Waals surface area contributed by atoms with Crippen LogP contribution < -0.4 is 5.73 Å². The van der Waals surface area contributed by atoms with Crippen LogP contribution in [0.25, 0.3) is 0 Å². The molecule has 18 heavy (non-hydrogen) atoms. The molecule has 2 aromatic rings. The fraction of sp³-hybridized carbons (Fsp3) is 0.286. The number of nitrogens with zero attached hydrogens (tertiary/aromatic N) is 2. The van der Waals surface area contributed by atoms with E-state index >= 15 is 0 Å². The summed E-state index contributed by atoms with van der Waals surface area (Å²) in [5.74, 6) is 1.20. The van der Waals surface area contributed by atoms with E-state index in [2.05, 4.69) is 16.0 Å². The van der Waals surface area contributed by atoms with Crippen molar-refractivity contribution in [3.05, 3.63) is 52.5 Å². The van der Waals surface area contributed by atoms with Crippen molar-refractivity contribution in [1.29, 1.82) is 0 Å². The smallest absolute Gasteiger partial charge is 0.130 e. The molecule has 0 bridgehead atoms. The van der Waals surface area contributed by atoms with E-state index in [0.717, 1.165) is 22.3 Å². The average Bonchev–Trinajstić information content (AvgIpc) is 2.32. The van der Waals surface area contributed by atoms with Gasteiger partial charge in [0.1, 0.15) is 11.6 Å². The van der Waals surface area contributed by atoms with Gasteiger partial charge in [-0.25, -0.2) is 9.97 Å². The maximum atomic E-state index is 9.19. The third-order valence-corrected chi connectivity index (χ3v) is 2.79. The summed E-state index contributed by atoms with van der Waals surface area (Å²) in [6.07, 6.45) is 2.44. The van der Waals surface area contributed by atoms with Crippen molar-refractivity contribution < 1.29 is 5.11 Å². The molecular weight excluding hydrogens is 226 g/mol. The monoisotopic (exact) mass is 243 g/mol. The molecule has 1 aromatic carbocycles. The standard InChI is InChI=1S/C14H17N3O/c1-9-3-11(5-12(4-9)8-18)6-13-7-16-10(2)17-14(13)15/h3-5,7,18H,6,8H2,1-2H3,(H2,15,16,17). The van der Waals surface area contributed by atoms with Crippen molar-refractivity contribution in [1.82, 2.24) is 9.97 Å². The minimum absolute atomic E-state index is 0.0502. The minimum Gasteiger partial charge on any atom is -0.392 e. The number of anilines is 1. The first-order valence-corrected chi connectivity index (χ1v) is 5.87. The van der Waals surface area contributed by atoms with E-state index in [-0.39, 0.29) is 6.61 Å². The number of aliphatic hydroxyl groups excluding tert-OH is 1. The number of rotatable bonds is 3. The van der Waals surface area contributed by atoms with Gasteiger partial charge in [0.25, 0.3) is 0 Å². The number of aliphatic hydroxyl groups is 1. The Labute approximate surface area is 107 Å². The predicted molar refractivity (Wildman–Crippen MR) is 71.1 cm³/mol. The lowest BCUT2D eigenvalue weighted by Gasteiger charge is -2.08. The summed E-state index contributed by atoms with van der Waals surface area (Å²) in [6, 6.07) is 6.03. The van der Waals surface area contributed by atoms with Crippen molar-refractivity contribution in [2.75, 3.05) is 5.73 Å². The van der Waals surface area contributed by atoms with Crippen LogP contribution in [0, 0.1) is 13.8 Å². The lowest BCUT2D eigenvalue weighted by atomic mass is 10.0. The molecule has 0 fully saturated rings. The van der Waals surface area contributed by atoms with Gasteiger partial charge in [-0.1, -0.05) is 23.8 Å². The number of aryl methyl sites for hydroxylation is 2. The highest BCUT2D eigenvalue weighted by atomic mass is 16.3. The number of aromatic nitrogens is 2. The summed E-state index contributed by atoms with van der Waals surface area (Å²) < 4.78 is 0. The quantitative estimate of drug-likeness (QED) is 0.861. The van der Waals surface area contributed by atoms with Crippen LogP contribution in [0.15, 0.2) is 24.4 Å². The fourth-order valence-corrected chi connectivity index (χ4v) is 2.01. The highest BCUT2D eigenvalue weighted by molar-refractivity contribution is 5.42. The second-order valence-corrected chi connectivity index (χ2v) is 4.49. The number of hydrogen-bond acceptors (Lipinski definition) is 4. The van der Waals surface area contributed by atoms with Crippen LogP contribution in [0.4, 0.5) is 5.82 Å². The third kappa shape index (κ3) is 2.84. The molecule has 0 aliphatic rings. The molecule has 3 N–H and O–H groups in total. The Morgan fingerprint density at radius 3 is 2.56 bits per heavy atom. The molecule has 0 aliphatic heterocycles. The van der Waals surface area contributed by atoms with Crippen LogP contribution in [0.3, 0.4) is 0 Å². The first-order chi connectivity index (χ1) is 8.58. The zero-order chi connectivity index (χ0) is 13.1. The molecule has 4 nitrogen and oxygen atoms in total. The van der Waals surface area contributed by atoms with Gasteiger partial charge in [-0.3, -0.25) is 0 Å². The molecule has 4 heteroatoms. The molecule has 2 rings (SSSR count). The van der Waals surface area contributed by atoms with Gasteiger partial charge >= 0.3 is 0 Å². The number of nitrogens with two attached hydrogens (primary N) is 1. The van der Waals surface area contributed by atoms with E-state index in [1.54, 1.807) is 6.20 Å². The van der Waals surface area contributed by atoms with Gasteiger partial charge in [0.2, 0.25) is 0 Å². The zero-order valence-electron chi connectivity index (χ0n) is 10.6. The second kappa shape index (κ2) is 5.14. The lowest BCUT2D eigenvalue weighted by molar-refractivity contribution is 0.281. The van der Waals surface area contributed by atoms with Gasteiger partial charge in [0.05, 0.1) is 6.61 Å². The van der Waals surface area contributed by atoms with Crippen LogP contribution >= 0.6 is 0 Å². The van der Waals surface area contributed by atoms with Crippen molar-refractivity contribution >= 4 is 5.82 Å². The van der Waals surface area contributed by atoms with Gasteiger partial charge in [-0.05, 0) is 25.0 Å². The highest BCUT2D eigenvalue weighted by Gasteiger charge is 2.05. The molecule has 94 valence electrons.